The molecule has 0 atom stereocenters. The maximum Gasteiger partial charge on any atom is 0.440 e. The predicted molar refractivity (Wildman–Crippen MR) is 54.6 cm³/mol. The Morgan fingerprint density at radius 3 is 2.36 bits per heavy atom. The van der Waals surface area contributed by atoms with Gasteiger partial charge in [-0.3, -0.25) is 0 Å². The van der Waals surface area contributed by atoms with Crippen molar-refractivity contribution >= 4 is 22.3 Å². The second kappa shape index (κ2) is 6.20. The summed E-state index contributed by atoms with van der Waals surface area (Å²) in [5.41, 5.74) is 2.41. The Hall–Kier alpha value is -1.30. The van der Waals surface area contributed by atoms with Gasteiger partial charge in [-0.2, -0.15) is 0 Å². The van der Waals surface area contributed by atoms with E-state index in [9.17, 15) is 9.59 Å². The van der Waals surface area contributed by atoms with Crippen molar-refractivity contribution in [3.63, 3.8) is 0 Å². The van der Waals surface area contributed by atoms with Crippen LogP contribution in [-0.2, 0) is 14.4 Å². The zero-order valence-corrected chi connectivity index (χ0v) is 10.8. The van der Waals surface area contributed by atoms with E-state index in [2.05, 4.69) is 9.57 Å². The molecule has 0 saturated heterocycles. The van der Waals surface area contributed by atoms with Crippen molar-refractivity contribution in [2.24, 2.45) is 0 Å². The van der Waals surface area contributed by atoms with Gasteiger partial charge in [-0.15, -0.1) is 5.48 Å². The number of hydroxylamine groups is 1. The lowest BCUT2D eigenvalue weighted by atomic mass is 10.3. The summed E-state index contributed by atoms with van der Waals surface area (Å²) < 4.78 is 4.50. The summed E-state index contributed by atoms with van der Waals surface area (Å²) >= 11 is 0. The van der Waals surface area contributed by atoms with Crippen LogP contribution in [0.1, 0.15) is 20.8 Å². The molecule has 0 aliphatic heterocycles. The van der Waals surface area contributed by atoms with Crippen LogP contribution < -0.4 is 5.48 Å². The van der Waals surface area contributed by atoms with Gasteiger partial charge in [0.1, 0.15) is 0 Å². The highest BCUT2D eigenvalue weighted by molar-refractivity contribution is 6.23. The minimum atomic E-state index is -0.764. The van der Waals surface area contributed by atoms with Crippen LogP contribution in [0.5, 0.6) is 0 Å². The molecule has 0 unspecified atom stereocenters. The first kappa shape index (κ1) is 12.7. The molecule has 0 rings (SSSR count). The first-order chi connectivity index (χ1) is 6.49. The monoisotopic (exact) mass is 217 g/mol. The van der Waals surface area contributed by atoms with Crippen molar-refractivity contribution in [3.05, 3.63) is 10.8 Å². The highest BCUT2D eigenvalue weighted by Crippen LogP contribution is 2.00. The molecule has 0 fully saturated rings. The fourth-order valence-corrected chi connectivity index (χ4v) is 0.733. The lowest BCUT2D eigenvalue weighted by Gasteiger charge is -2.06. The fraction of sp³-hybridized carbons (Fsp3) is 0.500. The summed E-state index contributed by atoms with van der Waals surface area (Å²) in [7, 11) is 0.790. The van der Waals surface area contributed by atoms with Crippen molar-refractivity contribution in [1.29, 1.82) is 0 Å². The van der Waals surface area contributed by atoms with Crippen molar-refractivity contribution in [2.75, 3.05) is 6.61 Å². The van der Waals surface area contributed by atoms with Gasteiger partial charge in [0.15, 0.2) is 0 Å². The third kappa shape index (κ3) is 4.66. The summed E-state index contributed by atoms with van der Waals surface area (Å²) in [4.78, 5) is 26.4. The van der Waals surface area contributed by atoms with Gasteiger partial charge in [0.25, 0.3) is 0 Å². The Balaban J connectivity index is 3.98. The maximum atomic E-state index is 11.2. The topological polar surface area (TPSA) is 64.6 Å². The van der Waals surface area contributed by atoms with Crippen LogP contribution >= 0.6 is 0 Å². The molecule has 0 aliphatic carbocycles. The van der Waals surface area contributed by atoms with Crippen molar-refractivity contribution in [3.8, 4) is 0 Å². The van der Waals surface area contributed by atoms with Crippen LogP contribution in [-0.4, -0.2) is 28.9 Å². The lowest BCUT2D eigenvalue weighted by Crippen LogP contribution is -2.28. The molecule has 5 nitrogen and oxygen atoms in total. The maximum absolute atomic E-state index is 11.2. The first-order valence-corrected chi connectivity index (χ1v) is 5.27. The van der Waals surface area contributed by atoms with Gasteiger partial charge in [-0.05, 0) is 20.8 Å². The number of rotatable bonds is 2. The molecule has 0 radical (unpaired) electrons. The van der Waals surface area contributed by atoms with Gasteiger partial charge in [-0.25, -0.2) is 9.59 Å². The molecule has 80 valence electrons. The number of amides is 1. The van der Waals surface area contributed by atoms with Crippen LogP contribution in [0.3, 0.4) is 0 Å². The van der Waals surface area contributed by atoms with Crippen molar-refractivity contribution in [1.82, 2.24) is 5.48 Å². The molecular formula is C8H15NO4Si. The molecule has 6 heteroatoms. The molecule has 0 aliphatic rings. The smallest absolute Gasteiger partial charge is 0.440 e. The largest absolute Gasteiger partial charge is 0.448 e. The Morgan fingerprint density at radius 1 is 1.36 bits per heavy atom. The summed E-state index contributed by atoms with van der Waals surface area (Å²) in [5, 5.41) is 0.973. The number of hydrogen-bond acceptors (Lipinski definition) is 4. The first-order valence-electron chi connectivity index (χ1n) is 4.27. The Kier molecular flexibility index (Phi) is 5.62. The molecule has 0 heterocycles. The Bertz CT molecular complexity index is 258. The molecule has 0 bridgehead atoms. The minimum Gasteiger partial charge on any atom is -0.448 e. The number of carbonyl (C=O) groups is 2. The van der Waals surface area contributed by atoms with E-state index in [1.165, 1.54) is 0 Å². The number of nitrogens with one attached hydrogen (secondary N) is 1. The van der Waals surface area contributed by atoms with Crippen LogP contribution in [0.2, 0.25) is 0 Å². The summed E-state index contributed by atoms with van der Waals surface area (Å²) in [6, 6.07) is 0. The summed E-state index contributed by atoms with van der Waals surface area (Å²) in [6.07, 6.45) is -0.764. The van der Waals surface area contributed by atoms with Crippen LogP contribution in [0.4, 0.5) is 4.79 Å². The second-order valence-corrected chi connectivity index (χ2v) is 4.34. The van der Waals surface area contributed by atoms with Gasteiger partial charge in [-0.1, -0.05) is 5.20 Å². The normalized spacial score (nSPS) is 11.6. The SMILES string of the molecule is CCOC(=O)NOC(=O)C(C)=C(C)[SiH3]. The van der Waals surface area contributed by atoms with Crippen molar-refractivity contribution < 1.29 is 19.2 Å². The molecule has 0 spiro atoms. The quantitative estimate of drug-likeness (QED) is 0.397. The molecule has 14 heavy (non-hydrogen) atoms. The van der Waals surface area contributed by atoms with Crippen molar-refractivity contribution in [2.45, 2.75) is 20.8 Å². The van der Waals surface area contributed by atoms with E-state index >= 15 is 0 Å². The fourth-order valence-electron chi connectivity index (χ4n) is 0.529. The van der Waals surface area contributed by atoms with Gasteiger partial charge in [0.05, 0.1) is 6.61 Å². The minimum absolute atomic E-state index is 0.234. The predicted octanol–water partition coefficient (Wildman–Crippen LogP) is -0.150. The summed E-state index contributed by atoms with van der Waals surface area (Å²) in [6.45, 7) is 5.39. The van der Waals surface area contributed by atoms with E-state index in [1.807, 2.05) is 12.4 Å². The standard InChI is InChI=1S/C8H15NO4Si/c1-4-12-8(11)9-13-7(10)5(2)6(3)14/h4H2,1-3,14H3,(H,9,11). The van der Waals surface area contributed by atoms with Gasteiger partial charge in [0.2, 0.25) is 0 Å². The van der Waals surface area contributed by atoms with Gasteiger partial charge in [0, 0.05) is 15.8 Å². The van der Waals surface area contributed by atoms with Crippen LogP contribution in [0, 0.1) is 0 Å². The average Bonchev–Trinajstić information content (AvgIpc) is 2.13. The van der Waals surface area contributed by atoms with Gasteiger partial charge < -0.3 is 9.57 Å². The third-order valence-electron chi connectivity index (χ3n) is 1.56. The van der Waals surface area contributed by atoms with E-state index in [-0.39, 0.29) is 6.61 Å². The molecule has 0 aromatic carbocycles. The molecular weight excluding hydrogens is 202 g/mol. The molecule has 0 aromatic heterocycles. The van der Waals surface area contributed by atoms with E-state index in [4.69, 9.17) is 0 Å². The summed E-state index contributed by atoms with van der Waals surface area (Å²) in [5.74, 6) is -0.550. The van der Waals surface area contributed by atoms with E-state index < -0.39 is 12.1 Å². The zero-order chi connectivity index (χ0) is 11.1. The third-order valence-corrected chi connectivity index (χ3v) is 2.31. The average molecular weight is 217 g/mol. The van der Waals surface area contributed by atoms with E-state index in [1.54, 1.807) is 13.8 Å². The lowest BCUT2D eigenvalue weighted by molar-refractivity contribution is -0.144. The highest BCUT2D eigenvalue weighted by Gasteiger charge is 2.09. The van der Waals surface area contributed by atoms with Crippen LogP contribution in [0.25, 0.3) is 0 Å². The zero-order valence-electron chi connectivity index (χ0n) is 8.84. The number of ether oxygens (including phenoxy) is 1. The number of carbonyl (C=O) groups excluding carboxylic acids is 2. The molecule has 0 aromatic rings. The number of allylic oxidation sites excluding steroid dienone is 1. The molecule has 0 saturated carbocycles. The van der Waals surface area contributed by atoms with Gasteiger partial charge >= 0.3 is 12.1 Å². The Morgan fingerprint density at radius 2 is 1.93 bits per heavy atom. The molecule has 1 amide bonds. The highest BCUT2D eigenvalue weighted by atomic mass is 28.1. The Labute approximate surface area is 85.8 Å². The second-order valence-electron chi connectivity index (χ2n) is 2.84. The number of hydrogen-bond donors (Lipinski definition) is 1. The van der Waals surface area contributed by atoms with Crippen LogP contribution in [0.15, 0.2) is 10.8 Å². The molecule has 1 N–H and O–H groups in total. The van der Waals surface area contributed by atoms with E-state index in [0.29, 0.717) is 5.57 Å². The van der Waals surface area contributed by atoms with E-state index in [0.717, 1.165) is 15.4 Å².